The standard InChI is InChI=1S/C15H20O/c1-2-6-13-9-11-15(16,12-10-13)14-7-4-3-5-8-14/h2-5,7-8,13,16H,1,6,9-12H2. The van der Waals surface area contributed by atoms with Crippen molar-refractivity contribution in [1.29, 1.82) is 0 Å². The minimum Gasteiger partial charge on any atom is -0.385 e. The van der Waals surface area contributed by atoms with Gasteiger partial charge in [0.25, 0.3) is 0 Å². The van der Waals surface area contributed by atoms with Crippen molar-refractivity contribution in [2.45, 2.75) is 37.7 Å². The van der Waals surface area contributed by atoms with E-state index in [0.29, 0.717) is 0 Å². The average molecular weight is 216 g/mol. The monoisotopic (exact) mass is 216 g/mol. The zero-order chi connectivity index (χ0) is 11.4. The van der Waals surface area contributed by atoms with Crippen LogP contribution in [0.5, 0.6) is 0 Å². The molecule has 0 aliphatic heterocycles. The third-order valence-electron chi connectivity index (χ3n) is 3.74. The predicted octanol–water partition coefficient (Wildman–Crippen LogP) is 3.64. The maximum Gasteiger partial charge on any atom is 0.0896 e. The summed E-state index contributed by atoms with van der Waals surface area (Å²) in [4.78, 5) is 0. The van der Waals surface area contributed by atoms with Crippen LogP contribution in [0.15, 0.2) is 43.0 Å². The third-order valence-corrected chi connectivity index (χ3v) is 3.74. The Kier molecular flexibility index (Phi) is 3.45. The lowest BCUT2D eigenvalue weighted by Gasteiger charge is -2.36. The van der Waals surface area contributed by atoms with Crippen LogP contribution in [0.2, 0.25) is 0 Å². The quantitative estimate of drug-likeness (QED) is 0.765. The van der Waals surface area contributed by atoms with E-state index in [-0.39, 0.29) is 0 Å². The Morgan fingerprint density at radius 2 is 1.88 bits per heavy atom. The molecule has 0 heterocycles. The minimum absolute atomic E-state index is 0.584. The lowest BCUT2D eigenvalue weighted by atomic mass is 9.74. The highest BCUT2D eigenvalue weighted by Crippen LogP contribution is 2.40. The SMILES string of the molecule is C=CCC1CCC(O)(c2ccccc2)CC1. The average Bonchev–Trinajstić information content (AvgIpc) is 2.34. The van der Waals surface area contributed by atoms with Crippen molar-refractivity contribution >= 4 is 0 Å². The molecule has 1 N–H and O–H groups in total. The molecule has 1 fully saturated rings. The van der Waals surface area contributed by atoms with Gasteiger partial charge in [0.15, 0.2) is 0 Å². The topological polar surface area (TPSA) is 20.2 Å². The molecular weight excluding hydrogens is 196 g/mol. The fourth-order valence-corrected chi connectivity index (χ4v) is 2.66. The van der Waals surface area contributed by atoms with Gasteiger partial charge in [-0.3, -0.25) is 0 Å². The predicted molar refractivity (Wildman–Crippen MR) is 67.1 cm³/mol. The van der Waals surface area contributed by atoms with Crippen LogP contribution >= 0.6 is 0 Å². The Hall–Kier alpha value is -1.08. The van der Waals surface area contributed by atoms with Gasteiger partial charge >= 0.3 is 0 Å². The van der Waals surface area contributed by atoms with Gasteiger partial charge in [0.05, 0.1) is 5.60 Å². The molecule has 1 heteroatoms. The highest BCUT2D eigenvalue weighted by atomic mass is 16.3. The molecule has 0 spiro atoms. The first-order chi connectivity index (χ1) is 7.74. The molecule has 16 heavy (non-hydrogen) atoms. The summed E-state index contributed by atoms with van der Waals surface area (Å²) in [7, 11) is 0. The van der Waals surface area contributed by atoms with Crippen molar-refractivity contribution in [3.05, 3.63) is 48.6 Å². The Labute approximate surface area is 97.8 Å². The summed E-state index contributed by atoms with van der Waals surface area (Å²) in [5.74, 6) is 0.724. The highest BCUT2D eigenvalue weighted by Gasteiger charge is 2.33. The molecule has 1 saturated carbocycles. The molecule has 1 aliphatic rings. The van der Waals surface area contributed by atoms with Gasteiger partial charge in [-0.25, -0.2) is 0 Å². The van der Waals surface area contributed by atoms with Crippen LogP contribution in [0.25, 0.3) is 0 Å². The third kappa shape index (κ3) is 2.35. The largest absolute Gasteiger partial charge is 0.385 e. The van der Waals surface area contributed by atoms with Crippen LogP contribution in [0.4, 0.5) is 0 Å². The molecule has 0 atom stereocenters. The molecule has 0 unspecified atom stereocenters. The van der Waals surface area contributed by atoms with Crippen LogP contribution in [0.1, 0.15) is 37.7 Å². The first-order valence-corrected chi connectivity index (χ1v) is 6.13. The van der Waals surface area contributed by atoms with Gasteiger partial charge in [-0.1, -0.05) is 36.4 Å². The fourth-order valence-electron chi connectivity index (χ4n) is 2.66. The van der Waals surface area contributed by atoms with Gasteiger partial charge < -0.3 is 5.11 Å². The summed E-state index contributed by atoms with van der Waals surface area (Å²) >= 11 is 0. The van der Waals surface area contributed by atoms with E-state index in [4.69, 9.17) is 0 Å². The number of benzene rings is 1. The number of allylic oxidation sites excluding steroid dienone is 1. The van der Waals surface area contributed by atoms with Gasteiger partial charge in [0.2, 0.25) is 0 Å². The van der Waals surface area contributed by atoms with Crippen LogP contribution in [-0.2, 0) is 5.60 Å². The van der Waals surface area contributed by atoms with Gasteiger partial charge in [-0.2, -0.15) is 0 Å². The van der Waals surface area contributed by atoms with Crippen LogP contribution in [0, 0.1) is 5.92 Å². The van der Waals surface area contributed by atoms with Crippen molar-refractivity contribution < 1.29 is 5.11 Å². The number of aliphatic hydroxyl groups is 1. The Morgan fingerprint density at radius 1 is 1.25 bits per heavy atom. The summed E-state index contributed by atoms with van der Waals surface area (Å²) < 4.78 is 0. The van der Waals surface area contributed by atoms with Crippen LogP contribution in [0.3, 0.4) is 0 Å². The normalized spacial score (nSPS) is 29.9. The molecule has 1 aliphatic carbocycles. The van der Waals surface area contributed by atoms with Crippen molar-refractivity contribution in [2.75, 3.05) is 0 Å². The maximum absolute atomic E-state index is 10.6. The van der Waals surface area contributed by atoms with E-state index in [1.807, 2.05) is 36.4 Å². The number of hydrogen-bond donors (Lipinski definition) is 1. The van der Waals surface area contributed by atoms with E-state index in [2.05, 4.69) is 6.58 Å². The van der Waals surface area contributed by atoms with E-state index in [1.165, 1.54) is 0 Å². The van der Waals surface area contributed by atoms with Crippen molar-refractivity contribution in [3.63, 3.8) is 0 Å². The summed E-state index contributed by atoms with van der Waals surface area (Å²) in [6, 6.07) is 10.1. The molecule has 1 aromatic carbocycles. The summed E-state index contributed by atoms with van der Waals surface area (Å²) in [6.07, 6.45) is 7.07. The molecule has 86 valence electrons. The van der Waals surface area contributed by atoms with E-state index in [9.17, 15) is 5.11 Å². The summed E-state index contributed by atoms with van der Waals surface area (Å²) in [6.45, 7) is 3.79. The Balaban J connectivity index is 2.04. The molecule has 0 aromatic heterocycles. The second kappa shape index (κ2) is 4.84. The molecular formula is C15H20O. The summed E-state index contributed by atoms with van der Waals surface area (Å²) in [5.41, 5.74) is 0.492. The van der Waals surface area contributed by atoms with Gasteiger partial charge in [-0.05, 0) is 43.6 Å². The first-order valence-electron chi connectivity index (χ1n) is 6.13. The number of hydrogen-bond acceptors (Lipinski definition) is 1. The Bertz CT molecular complexity index is 334. The van der Waals surface area contributed by atoms with E-state index in [1.54, 1.807) is 0 Å². The van der Waals surface area contributed by atoms with Crippen LogP contribution in [-0.4, -0.2) is 5.11 Å². The van der Waals surface area contributed by atoms with Crippen molar-refractivity contribution in [1.82, 2.24) is 0 Å². The molecule has 0 bridgehead atoms. The molecule has 1 aromatic rings. The van der Waals surface area contributed by atoms with E-state index < -0.39 is 5.60 Å². The van der Waals surface area contributed by atoms with Gasteiger partial charge in [-0.15, -0.1) is 6.58 Å². The van der Waals surface area contributed by atoms with Crippen LogP contribution < -0.4 is 0 Å². The minimum atomic E-state index is -0.584. The molecule has 2 rings (SSSR count). The number of rotatable bonds is 3. The van der Waals surface area contributed by atoms with Gasteiger partial charge in [0, 0.05) is 0 Å². The second-order valence-electron chi connectivity index (χ2n) is 4.87. The molecule has 0 amide bonds. The maximum atomic E-state index is 10.6. The molecule has 0 saturated heterocycles. The van der Waals surface area contributed by atoms with Crippen molar-refractivity contribution in [2.24, 2.45) is 5.92 Å². The Morgan fingerprint density at radius 3 is 2.44 bits per heavy atom. The first kappa shape index (κ1) is 11.4. The van der Waals surface area contributed by atoms with Gasteiger partial charge in [0.1, 0.15) is 0 Å². The smallest absolute Gasteiger partial charge is 0.0896 e. The lowest BCUT2D eigenvalue weighted by Crippen LogP contribution is -2.31. The fraction of sp³-hybridized carbons (Fsp3) is 0.467. The molecule has 1 nitrogen and oxygen atoms in total. The highest BCUT2D eigenvalue weighted by molar-refractivity contribution is 5.22. The molecule has 0 radical (unpaired) electrons. The zero-order valence-electron chi connectivity index (χ0n) is 9.73. The second-order valence-corrected chi connectivity index (χ2v) is 4.87. The van der Waals surface area contributed by atoms with E-state index >= 15 is 0 Å². The van der Waals surface area contributed by atoms with E-state index in [0.717, 1.165) is 43.6 Å². The summed E-state index contributed by atoms with van der Waals surface area (Å²) in [5, 5.41) is 10.6. The van der Waals surface area contributed by atoms with Crippen molar-refractivity contribution in [3.8, 4) is 0 Å². The zero-order valence-corrected chi connectivity index (χ0v) is 9.73. The lowest BCUT2D eigenvalue weighted by molar-refractivity contribution is -0.0138.